The van der Waals surface area contributed by atoms with Gasteiger partial charge in [0.05, 0.1) is 19.6 Å². The first-order chi connectivity index (χ1) is 13.5. The van der Waals surface area contributed by atoms with Crippen molar-refractivity contribution in [1.82, 2.24) is 14.7 Å². The first kappa shape index (κ1) is 19.7. The van der Waals surface area contributed by atoms with Crippen molar-refractivity contribution in [2.45, 2.75) is 31.4 Å². The summed E-state index contributed by atoms with van der Waals surface area (Å²) in [5.74, 6) is 1.89. The molecule has 0 radical (unpaired) electrons. The number of aliphatic hydroxyl groups excluding tert-OH is 1. The summed E-state index contributed by atoms with van der Waals surface area (Å²) >= 11 is 0. The molecule has 1 aliphatic carbocycles. The molecule has 1 N–H and O–H groups in total. The number of likely N-dealkylation sites (tertiary alicyclic amines) is 1. The number of ether oxygens (including phenoxy) is 1. The smallest absolute Gasteiger partial charge is 0.227 e. The van der Waals surface area contributed by atoms with Gasteiger partial charge in [-0.05, 0) is 37.8 Å². The van der Waals surface area contributed by atoms with Gasteiger partial charge in [-0.25, -0.2) is 0 Å². The molecule has 0 bridgehead atoms. The minimum absolute atomic E-state index is 0.171. The third-order valence-corrected chi connectivity index (χ3v) is 7.00. The fourth-order valence-corrected chi connectivity index (χ4v) is 5.28. The molecule has 154 valence electrons. The minimum Gasteiger partial charge on any atom is -0.496 e. The quantitative estimate of drug-likeness (QED) is 0.838. The highest BCUT2D eigenvalue weighted by Gasteiger charge is 2.44. The second-order valence-electron chi connectivity index (χ2n) is 8.75. The molecule has 4 rings (SSSR count). The molecule has 6 heteroatoms. The van der Waals surface area contributed by atoms with E-state index in [-0.39, 0.29) is 18.1 Å². The Labute approximate surface area is 168 Å². The third-order valence-electron chi connectivity index (χ3n) is 7.00. The molecular weight excluding hydrogens is 354 g/mol. The number of aliphatic hydroxyl groups is 1. The number of benzene rings is 1. The van der Waals surface area contributed by atoms with Crippen molar-refractivity contribution in [3.8, 4) is 5.75 Å². The minimum atomic E-state index is -0.270. The van der Waals surface area contributed by atoms with E-state index in [2.05, 4.69) is 16.8 Å². The highest BCUT2D eigenvalue weighted by atomic mass is 16.5. The van der Waals surface area contributed by atoms with Crippen LogP contribution in [0.15, 0.2) is 24.3 Å². The highest BCUT2D eigenvalue weighted by molar-refractivity contribution is 5.79. The zero-order valence-corrected chi connectivity index (χ0v) is 17.1. The predicted octanol–water partition coefficient (Wildman–Crippen LogP) is 1.08. The van der Waals surface area contributed by atoms with Crippen molar-refractivity contribution >= 4 is 5.91 Å². The van der Waals surface area contributed by atoms with Gasteiger partial charge in [0.15, 0.2) is 0 Å². The fourth-order valence-electron chi connectivity index (χ4n) is 5.28. The van der Waals surface area contributed by atoms with E-state index in [9.17, 15) is 9.90 Å². The Morgan fingerprint density at radius 2 is 1.79 bits per heavy atom. The molecule has 4 atom stereocenters. The van der Waals surface area contributed by atoms with Gasteiger partial charge in [-0.15, -0.1) is 0 Å². The lowest BCUT2D eigenvalue weighted by atomic mass is 9.77. The van der Waals surface area contributed by atoms with Crippen molar-refractivity contribution in [2.75, 3.05) is 53.4 Å². The van der Waals surface area contributed by atoms with Crippen molar-refractivity contribution in [1.29, 1.82) is 0 Å². The fraction of sp³-hybridized carbons (Fsp3) is 0.682. The topological polar surface area (TPSA) is 56.2 Å². The van der Waals surface area contributed by atoms with Crippen LogP contribution in [0.1, 0.15) is 18.4 Å². The van der Waals surface area contributed by atoms with Gasteiger partial charge in [-0.1, -0.05) is 18.2 Å². The number of para-hydroxylation sites is 1. The Morgan fingerprint density at radius 3 is 2.50 bits per heavy atom. The SMILES string of the molecule is COc1ccccc1CC(=O)N1C[C@H]2C[C@@H](N3CCN(C)CC3)[C@H](O)C[C@H]2C1. The Balaban J connectivity index is 1.37. The summed E-state index contributed by atoms with van der Waals surface area (Å²) in [6.45, 7) is 5.82. The van der Waals surface area contributed by atoms with E-state index in [1.807, 2.05) is 29.2 Å². The maximum atomic E-state index is 12.9. The van der Waals surface area contributed by atoms with E-state index in [1.54, 1.807) is 7.11 Å². The third kappa shape index (κ3) is 4.04. The van der Waals surface area contributed by atoms with E-state index in [0.717, 1.165) is 63.4 Å². The van der Waals surface area contributed by atoms with Crippen LogP contribution in [0.3, 0.4) is 0 Å². The molecule has 1 amide bonds. The molecule has 2 heterocycles. The molecule has 6 nitrogen and oxygen atoms in total. The van der Waals surface area contributed by atoms with Crippen LogP contribution in [0.5, 0.6) is 5.75 Å². The number of methoxy groups -OCH3 is 1. The average molecular weight is 388 g/mol. The number of carbonyl (C=O) groups is 1. The van der Waals surface area contributed by atoms with E-state index < -0.39 is 0 Å². The summed E-state index contributed by atoms with van der Waals surface area (Å²) in [6.07, 6.45) is 1.94. The number of fused-ring (bicyclic) bond motifs is 1. The summed E-state index contributed by atoms with van der Waals surface area (Å²) < 4.78 is 5.39. The highest BCUT2D eigenvalue weighted by Crippen LogP contribution is 2.38. The van der Waals surface area contributed by atoms with Crippen LogP contribution < -0.4 is 4.74 Å². The molecule has 1 aromatic carbocycles. The normalized spacial score (nSPS) is 31.6. The Morgan fingerprint density at radius 1 is 1.11 bits per heavy atom. The van der Waals surface area contributed by atoms with Crippen LogP contribution in [0, 0.1) is 11.8 Å². The lowest BCUT2D eigenvalue weighted by molar-refractivity contribution is -0.129. The van der Waals surface area contributed by atoms with Gasteiger partial charge < -0.3 is 19.6 Å². The van der Waals surface area contributed by atoms with E-state index in [1.165, 1.54) is 0 Å². The monoisotopic (exact) mass is 387 g/mol. The standard InChI is InChI=1S/C22H33N3O3/c1-23-7-9-24(10-8-23)19-11-17-14-25(15-18(17)12-20(19)26)22(27)13-16-5-3-4-6-21(16)28-2/h3-6,17-20,26H,7-15H2,1-2H3/t17-,18+,19-,20-/m1/s1. The number of nitrogens with zero attached hydrogens (tertiary/aromatic N) is 3. The molecule has 1 aromatic rings. The van der Waals surface area contributed by atoms with Crippen LogP contribution in [-0.2, 0) is 11.2 Å². The van der Waals surface area contributed by atoms with Gasteiger partial charge in [0, 0.05) is 50.9 Å². The van der Waals surface area contributed by atoms with Crippen molar-refractivity contribution < 1.29 is 14.6 Å². The second kappa shape index (κ2) is 8.39. The molecule has 0 aromatic heterocycles. The number of carbonyl (C=O) groups excluding carboxylic acids is 1. The molecular formula is C22H33N3O3. The number of piperazine rings is 1. The maximum absolute atomic E-state index is 12.9. The van der Waals surface area contributed by atoms with Crippen LogP contribution in [0.25, 0.3) is 0 Å². The van der Waals surface area contributed by atoms with E-state index in [0.29, 0.717) is 18.3 Å². The average Bonchev–Trinajstić information content (AvgIpc) is 3.11. The molecule has 3 fully saturated rings. The molecule has 1 saturated carbocycles. The van der Waals surface area contributed by atoms with Gasteiger partial charge in [0.2, 0.25) is 5.91 Å². The lowest BCUT2D eigenvalue weighted by Gasteiger charge is -2.44. The first-order valence-electron chi connectivity index (χ1n) is 10.6. The van der Waals surface area contributed by atoms with Gasteiger partial charge in [0.25, 0.3) is 0 Å². The van der Waals surface area contributed by atoms with Gasteiger partial charge in [-0.3, -0.25) is 9.69 Å². The number of amides is 1. The number of likely N-dealkylation sites (N-methyl/N-ethyl adjacent to an activating group) is 1. The lowest BCUT2D eigenvalue weighted by Crippen LogP contribution is -2.55. The van der Waals surface area contributed by atoms with Crippen LogP contribution >= 0.6 is 0 Å². The summed E-state index contributed by atoms with van der Waals surface area (Å²) in [6, 6.07) is 8.00. The molecule has 2 aliphatic heterocycles. The first-order valence-corrected chi connectivity index (χ1v) is 10.6. The summed E-state index contributed by atoms with van der Waals surface area (Å²) in [7, 11) is 3.81. The maximum Gasteiger partial charge on any atom is 0.227 e. The van der Waals surface area contributed by atoms with Gasteiger partial charge in [0.1, 0.15) is 5.75 Å². The number of hydrogen-bond donors (Lipinski definition) is 1. The zero-order chi connectivity index (χ0) is 19.7. The Hall–Kier alpha value is -1.63. The largest absolute Gasteiger partial charge is 0.496 e. The Bertz CT molecular complexity index is 689. The zero-order valence-electron chi connectivity index (χ0n) is 17.1. The van der Waals surface area contributed by atoms with Crippen molar-refractivity contribution in [3.05, 3.63) is 29.8 Å². The molecule has 0 spiro atoms. The summed E-state index contributed by atoms with van der Waals surface area (Å²) in [5, 5.41) is 10.8. The predicted molar refractivity (Wildman–Crippen MR) is 108 cm³/mol. The van der Waals surface area contributed by atoms with Gasteiger partial charge >= 0.3 is 0 Å². The summed E-state index contributed by atoms with van der Waals surface area (Å²) in [4.78, 5) is 19.8. The molecule has 2 saturated heterocycles. The molecule has 3 aliphatic rings. The second-order valence-corrected chi connectivity index (χ2v) is 8.75. The number of hydrogen-bond acceptors (Lipinski definition) is 5. The summed E-state index contributed by atoms with van der Waals surface area (Å²) in [5.41, 5.74) is 0.945. The van der Waals surface area contributed by atoms with Crippen LogP contribution in [-0.4, -0.2) is 91.3 Å². The van der Waals surface area contributed by atoms with E-state index in [4.69, 9.17) is 4.74 Å². The van der Waals surface area contributed by atoms with Crippen molar-refractivity contribution in [2.24, 2.45) is 11.8 Å². The van der Waals surface area contributed by atoms with Gasteiger partial charge in [-0.2, -0.15) is 0 Å². The van der Waals surface area contributed by atoms with Crippen molar-refractivity contribution in [3.63, 3.8) is 0 Å². The molecule has 0 unspecified atom stereocenters. The van der Waals surface area contributed by atoms with Crippen LogP contribution in [0.2, 0.25) is 0 Å². The number of rotatable bonds is 4. The molecule has 28 heavy (non-hydrogen) atoms. The van der Waals surface area contributed by atoms with E-state index >= 15 is 0 Å². The van der Waals surface area contributed by atoms with Crippen LogP contribution in [0.4, 0.5) is 0 Å². The Kier molecular flexibility index (Phi) is 5.90.